The average molecular weight is 399 g/mol. The number of nitrogens with zero attached hydrogens (tertiary/aromatic N) is 3. The van der Waals surface area contributed by atoms with Crippen LogP contribution in [-0.2, 0) is 16.0 Å². The Kier molecular flexibility index (Phi) is 5.73. The molecule has 0 saturated carbocycles. The molecule has 0 spiro atoms. The predicted octanol–water partition coefficient (Wildman–Crippen LogP) is 2.10. The van der Waals surface area contributed by atoms with Crippen LogP contribution in [0.5, 0.6) is 0 Å². The van der Waals surface area contributed by atoms with Crippen LogP contribution in [-0.4, -0.2) is 58.8 Å². The summed E-state index contributed by atoms with van der Waals surface area (Å²) >= 11 is 1.60. The van der Waals surface area contributed by atoms with Crippen LogP contribution in [0.2, 0.25) is 0 Å². The number of benzene rings is 1. The Labute approximate surface area is 169 Å². The number of likely N-dealkylation sites (N-methyl/N-ethyl adjacent to an activating group) is 1. The maximum absolute atomic E-state index is 13.1. The third-order valence-corrected chi connectivity index (χ3v) is 6.60. The van der Waals surface area contributed by atoms with Crippen molar-refractivity contribution in [3.05, 3.63) is 52.5 Å². The van der Waals surface area contributed by atoms with Gasteiger partial charge in [-0.2, -0.15) is 0 Å². The fourth-order valence-corrected chi connectivity index (χ4v) is 5.07. The number of piperazine rings is 1. The molecule has 148 valence electrons. The minimum Gasteiger partial charge on any atom is -0.355 e. The van der Waals surface area contributed by atoms with E-state index in [0.717, 1.165) is 30.1 Å². The molecule has 0 bridgehead atoms. The number of nitrogens with one attached hydrogen (secondary N) is 1. The Morgan fingerprint density at radius 2 is 2.14 bits per heavy atom. The van der Waals surface area contributed by atoms with Crippen LogP contribution >= 0.6 is 11.3 Å². The summed E-state index contributed by atoms with van der Waals surface area (Å²) in [6, 6.07) is 9.90. The first-order valence-corrected chi connectivity index (χ1v) is 10.8. The first-order chi connectivity index (χ1) is 13.7. The molecule has 0 unspecified atom stereocenters. The number of hydrogen-bond donors (Lipinski definition) is 1. The van der Waals surface area contributed by atoms with Gasteiger partial charge in [0.2, 0.25) is 11.8 Å². The lowest BCUT2D eigenvalue weighted by Gasteiger charge is -2.39. The SMILES string of the molecule is CCN1CC(=O)N2[C@H](C[C@@H](C(=O)NCCc3nccs3)[C@H]2c2ccccc2)C1. The van der Waals surface area contributed by atoms with E-state index in [1.54, 1.807) is 17.5 Å². The van der Waals surface area contributed by atoms with Crippen molar-refractivity contribution in [1.82, 2.24) is 20.1 Å². The Bertz CT molecular complexity index is 811. The third kappa shape index (κ3) is 3.82. The molecule has 3 heterocycles. The molecule has 0 radical (unpaired) electrons. The van der Waals surface area contributed by atoms with E-state index in [-0.39, 0.29) is 29.8 Å². The summed E-state index contributed by atoms with van der Waals surface area (Å²) in [5.41, 5.74) is 1.04. The molecular weight excluding hydrogens is 372 g/mol. The van der Waals surface area contributed by atoms with Gasteiger partial charge in [-0.15, -0.1) is 11.3 Å². The fraction of sp³-hybridized carbons (Fsp3) is 0.476. The van der Waals surface area contributed by atoms with Crippen LogP contribution in [0, 0.1) is 5.92 Å². The molecule has 2 fully saturated rings. The second kappa shape index (κ2) is 8.41. The van der Waals surface area contributed by atoms with Gasteiger partial charge in [-0.25, -0.2) is 4.98 Å². The highest BCUT2D eigenvalue weighted by Gasteiger charge is 2.49. The predicted molar refractivity (Wildman–Crippen MR) is 109 cm³/mol. The van der Waals surface area contributed by atoms with Crippen molar-refractivity contribution in [2.75, 3.05) is 26.2 Å². The van der Waals surface area contributed by atoms with Crippen LogP contribution in [0.3, 0.4) is 0 Å². The van der Waals surface area contributed by atoms with Gasteiger partial charge in [0.05, 0.1) is 23.5 Å². The quantitative estimate of drug-likeness (QED) is 0.809. The molecule has 2 amide bonds. The summed E-state index contributed by atoms with van der Waals surface area (Å²) in [7, 11) is 0. The van der Waals surface area contributed by atoms with E-state index in [1.807, 2.05) is 40.6 Å². The van der Waals surface area contributed by atoms with Gasteiger partial charge in [0, 0.05) is 37.1 Å². The Morgan fingerprint density at radius 1 is 1.32 bits per heavy atom. The van der Waals surface area contributed by atoms with Gasteiger partial charge in [-0.05, 0) is 18.5 Å². The highest BCUT2D eigenvalue weighted by Crippen LogP contribution is 2.42. The minimum atomic E-state index is -0.218. The molecule has 2 saturated heterocycles. The molecule has 4 rings (SSSR count). The van der Waals surface area contributed by atoms with Crippen molar-refractivity contribution >= 4 is 23.2 Å². The molecule has 6 nitrogen and oxygen atoms in total. The summed E-state index contributed by atoms with van der Waals surface area (Å²) in [6.07, 6.45) is 3.24. The average Bonchev–Trinajstić information content (AvgIpc) is 3.36. The van der Waals surface area contributed by atoms with Crippen LogP contribution in [0.15, 0.2) is 41.9 Å². The van der Waals surface area contributed by atoms with Crippen molar-refractivity contribution in [3.8, 4) is 0 Å². The molecule has 2 aromatic rings. The maximum Gasteiger partial charge on any atom is 0.237 e. The smallest absolute Gasteiger partial charge is 0.237 e. The lowest BCUT2D eigenvalue weighted by molar-refractivity contribution is -0.140. The number of fused-ring (bicyclic) bond motifs is 1. The van der Waals surface area contributed by atoms with E-state index in [4.69, 9.17) is 0 Å². The Balaban J connectivity index is 1.52. The molecule has 1 aromatic heterocycles. The largest absolute Gasteiger partial charge is 0.355 e. The zero-order valence-corrected chi connectivity index (χ0v) is 16.9. The van der Waals surface area contributed by atoms with Crippen LogP contribution in [0.4, 0.5) is 0 Å². The minimum absolute atomic E-state index is 0.0376. The van der Waals surface area contributed by atoms with E-state index >= 15 is 0 Å². The van der Waals surface area contributed by atoms with Crippen molar-refractivity contribution < 1.29 is 9.59 Å². The van der Waals surface area contributed by atoms with Crippen LogP contribution < -0.4 is 5.32 Å². The molecule has 28 heavy (non-hydrogen) atoms. The van der Waals surface area contributed by atoms with E-state index in [0.29, 0.717) is 19.5 Å². The van der Waals surface area contributed by atoms with Crippen LogP contribution in [0.1, 0.15) is 30.0 Å². The van der Waals surface area contributed by atoms with E-state index in [2.05, 4.69) is 22.1 Å². The molecule has 2 aliphatic heterocycles. The Hall–Kier alpha value is -2.25. The molecule has 2 aliphatic rings. The number of rotatable bonds is 6. The molecule has 1 N–H and O–H groups in total. The number of aromatic nitrogens is 1. The Morgan fingerprint density at radius 3 is 2.86 bits per heavy atom. The van der Waals surface area contributed by atoms with Gasteiger partial charge in [0.15, 0.2) is 0 Å². The topological polar surface area (TPSA) is 65.5 Å². The van der Waals surface area contributed by atoms with Crippen LogP contribution in [0.25, 0.3) is 0 Å². The molecule has 7 heteroatoms. The summed E-state index contributed by atoms with van der Waals surface area (Å²) in [4.78, 5) is 34.4. The number of hydrogen-bond acceptors (Lipinski definition) is 5. The van der Waals surface area contributed by atoms with E-state index in [9.17, 15) is 9.59 Å². The van der Waals surface area contributed by atoms with Crippen molar-refractivity contribution in [2.45, 2.75) is 31.8 Å². The summed E-state index contributed by atoms with van der Waals surface area (Å²) in [5, 5.41) is 6.06. The first-order valence-electron chi connectivity index (χ1n) is 9.92. The number of amides is 2. The second-order valence-corrected chi connectivity index (χ2v) is 8.43. The highest BCUT2D eigenvalue weighted by atomic mass is 32.1. The van der Waals surface area contributed by atoms with Gasteiger partial charge in [0.25, 0.3) is 0 Å². The third-order valence-electron chi connectivity index (χ3n) is 5.76. The van der Waals surface area contributed by atoms with Crippen molar-refractivity contribution in [3.63, 3.8) is 0 Å². The molecule has 3 atom stereocenters. The van der Waals surface area contributed by atoms with Gasteiger partial charge >= 0.3 is 0 Å². The number of carbonyl (C=O) groups excluding carboxylic acids is 2. The molecular formula is C21H26N4O2S. The summed E-state index contributed by atoms with van der Waals surface area (Å²) in [6.45, 7) is 4.79. The lowest BCUT2D eigenvalue weighted by atomic mass is 9.92. The zero-order chi connectivity index (χ0) is 19.5. The standard InChI is InChI=1S/C21H26N4O2S/c1-2-24-13-16-12-17(21(27)23-9-8-18-22-10-11-28-18)20(25(16)19(26)14-24)15-6-4-3-5-7-15/h3-7,10-11,16-17,20H,2,8-9,12-14H2,1H3,(H,23,27)/t16-,17-,20-/m1/s1. The highest BCUT2D eigenvalue weighted by molar-refractivity contribution is 7.09. The molecule has 0 aliphatic carbocycles. The normalized spacial score (nSPS) is 25.0. The summed E-state index contributed by atoms with van der Waals surface area (Å²) in [5.74, 6) is -0.0508. The van der Waals surface area contributed by atoms with E-state index < -0.39 is 0 Å². The van der Waals surface area contributed by atoms with Gasteiger partial charge < -0.3 is 10.2 Å². The van der Waals surface area contributed by atoms with E-state index in [1.165, 1.54) is 0 Å². The number of thiazole rings is 1. The monoisotopic (exact) mass is 398 g/mol. The second-order valence-electron chi connectivity index (χ2n) is 7.45. The maximum atomic E-state index is 13.1. The summed E-state index contributed by atoms with van der Waals surface area (Å²) < 4.78 is 0. The first kappa shape index (κ1) is 19.1. The van der Waals surface area contributed by atoms with Crippen molar-refractivity contribution in [2.24, 2.45) is 5.92 Å². The fourth-order valence-electron chi connectivity index (χ4n) is 4.45. The van der Waals surface area contributed by atoms with Crippen molar-refractivity contribution in [1.29, 1.82) is 0 Å². The van der Waals surface area contributed by atoms with Gasteiger partial charge in [-0.1, -0.05) is 37.3 Å². The number of carbonyl (C=O) groups is 2. The van der Waals surface area contributed by atoms with Gasteiger partial charge in [-0.3, -0.25) is 14.5 Å². The molecule has 1 aromatic carbocycles. The van der Waals surface area contributed by atoms with Gasteiger partial charge in [0.1, 0.15) is 0 Å². The zero-order valence-electron chi connectivity index (χ0n) is 16.1. The lowest BCUT2D eigenvalue weighted by Crippen LogP contribution is -2.54.